The maximum atomic E-state index is 13.6. The van der Waals surface area contributed by atoms with Crippen molar-refractivity contribution in [3.05, 3.63) is 81.2 Å². The molecular weight excluding hydrogens is 454 g/mol. The van der Waals surface area contributed by atoms with E-state index in [0.29, 0.717) is 52.6 Å². The lowest BCUT2D eigenvalue weighted by Gasteiger charge is -2.36. The summed E-state index contributed by atoms with van der Waals surface area (Å²) in [4.78, 5) is 26.6. The standard InChI is InChI=1S/C27H28ClNO5/c1-4-33-23-14-17(8-11-21(23)30)25-24(27(32)34-5-2)15(3)29-20-12-18(13-22(31)26(20)25)16-6-9-19(28)10-7-16/h6-11,14,18,25,29-30H,4-5,12-13H2,1-3H3/t18-,25+/m1/s1. The second-order valence-corrected chi connectivity index (χ2v) is 8.89. The van der Waals surface area contributed by atoms with Crippen molar-refractivity contribution in [2.45, 2.75) is 45.4 Å². The summed E-state index contributed by atoms with van der Waals surface area (Å²) < 4.78 is 10.9. The molecule has 1 heterocycles. The maximum Gasteiger partial charge on any atom is 0.336 e. The molecule has 7 heteroatoms. The van der Waals surface area contributed by atoms with Gasteiger partial charge in [0.25, 0.3) is 0 Å². The minimum absolute atomic E-state index is 0.00453. The van der Waals surface area contributed by atoms with E-state index in [-0.39, 0.29) is 24.1 Å². The van der Waals surface area contributed by atoms with Gasteiger partial charge in [0.05, 0.1) is 18.8 Å². The van der Waals surface area contributed by atoms with E-state index in [1.54, 1.807) is 19.1 Å². The molecule has 0 saturated heterocycles. The number of benzene rings is 2. The van der Waals surface area contributed by atoms with Crippen LogP contribution in [0.3, 0.4) is 0 Å². The zero-order valence-corrected chi connectivity index (χ0v) is 20.2. The largest absolute Gasteiger partial charge is 0.504 e. The Morgan fingerprint density at radius 3 is 2.47 bits per heavy atom. The highest BCUT2D eigenvalue weighted by molar-refractivity contribution is 6.30. The number of phenolic OH excluding ortho intramolecular Hbond substituents is 1. The summed E-state index contributed by atoms with van der Waals surface area (Å²) in [6.07, 6.45) is 0.952. The summed E-state index contributed by atoms with van der Waals surface area (Å²) in [6.45, 7) is 6.00. The molecule has 0 unspecified atom stereocenters. The lowest BCUT2D eigenvalue weighted by Crippen LogP contribution is -2.36. The van der Waals surface area contributed by atoms with Crippen molar-refractivity contribution in [2.75, 3.05) is 13.2 Å². The molecule has 0 bridgehead atoms. The third-order valence-electron chi connectivity index (χ3n) is 6.28. The van der Waals surface area contributed by atoms with E-state index in [1.165, 1.54) is 6.07 Å². The molecule has 34 heavy (non-hydrogen) atoms. The highest BCUT2D eigenvalue weighted by Crippen LogP contribution is 2.47. The molecule has 6 nitrogen and oxygen atoms in total. The van der Waals surface area contributed by atoms with Gasteiger partial charge >= 0.3 is 5.97 Å². The van der Waals surface area contributed by atoms with E-state index in [9.17, 15) is 14.7 Å². The zero-order valence-electron chi connectivity index (χ0n) is 19.5. The van der Waals surface area contributed by atoms with Crippen LogP contribution in [0.15, 0.2) is 65.0 Å². The molecule has 178 valence electrons. The van der Waals surface area contributed by atoms with Gasteiger partial charge in [-0.15, -0.1) is 0 Å². The Balaban J connectivity index is 1.81. The Bertz CT molecular complexity index is 1180. The van der Waals surface area contributed by atoms with Gasteiger partial charge in [0.1, 0.15) is 0 Å². The summed E-state index contributed by atoms with van der Waals surface area (Å²) in [5, 5.41) is 14.2. The third-order valence-corrected chi connectivity index (χ3v) is 6.53. The average molecular weight is 482 g/mol. The van der Waals surface area contributed by atoms with Crippen LogP contribution >= 0.6 is 11.6 Å². The smallest absolute Gasteiger partial charge is 0.336 e. The SMILES string of the molecule is CCOC(=O)C1=C(C)NC2=C(C(=O)C[C@H](c3ccc(Cl)cc3)C2)[C@H]1c1ccc(O)c(OCC)c1. The van der Waals surface area contributed by atoms with Gasteiger partial charge in [-0.2, -0.15) is 0 Å². The molecule has 1 aliphatic heterocycles. The minimum Gasteiger partial charge on any atom is -0.504 e. The fourth-order valence-corrected chi connectivity index (χ4v) is 4.93. The van der Waals surface area contributed by atoms with Crippen LogP contribution in [0.1, 0.15) is 56.6 Å². The van der Waals surface area contributed by atoms with Crippen LogP contribution in [-0.4, -0.2) is 30.1 Å². The number of halogens is 1. The first-order valence-electron chi connectivity index (χ1n) is 11.5. The van der Waals surface area contributed by atoms with Gasteiger partial charge in [-0.05, 0) is 68.5 Å². The Morgan fingerprint density at radius 2 is 1.79 bits per heavy atom. The van der Waals surface area contributed by atoms with Crippen LogP contribution < -0.4 is 10.1 Å². The summed E-state index contributed by atoms with van der Waals surface area (Å²) in [5.74, 6) is -0.795. The summed E-state index contributed by atoms with van der Waals surface area (Å²) in [5.41, 5.74) is 4.15. The molecule has 0 aromatic heterocycles. The highest BCUT2D eigenvalue weighted by Gasteiger charge is 2.41. The number of rotatable bonds is 6. The summed E-state index contributed by atoms with van der Waals surface area (Å²) in [6, 6.07) is 12.5. The fraction of sp³-hybridized carbons (Fsp3) is 0.333. The van der Waals surface area contributed by atoms with E-state index in [0.717, 1.165) is 11.3 Å². The van der Waals surface area contributed by atoms with Crippen LogP contribution in [-0.2, 0) is 14.3 Å². The molecule has 4 rings (SSSR count). The monoisotopic (exact) mass is 481 g/mol. The second-order valence-electron chi connectivity index (χ2n) is 8.45. The van der Waals surface area contributed by atoms with Gasteiger partial charge in [-0.3, -0.25) is 4.79 Å². The number of nitrogens with one attached hydrogen (secondary N) is 1. The van der Waals surface area contributed by atoms with Crippen LogP contribution in [0, 0.1) is 0 Å². The van der Waals surface area contributed by atoms with Crippen molar-refractivity contribution in [1.29, 1.82) is 0 Å². The van der Waals surface area contributed by atoms with Gasteiger partial charge < -0.3 is 19.9 Å². The number of dihydropyridines is 1. The molecule has 2 atom stereocenters. The van der Waals surface area contributed by atoms with Crippen molar-refractivity contribution >= 4 is 23.4 Å². The van der Waals surface area contributed by atoms with E-state index in [4.69, 9.17) is 21.1 Å². The molecule has 1 aliphatic carbocycles. The third kappa shape index (κ3) is 4.55. The quantitative estimate of drug-likeness (QED) is 0.539. The lowest BCUT2D eigenvalue weighted by atomic mass is 9.71. The van der Waals surface area contributed by atoms with Crippen molar-refractivity contribution in [2.24, 2.45) is 0 Å². The van der Waals surface area contributed by atoms with Crippen molar-refractivity contribution in [3.63, 3.8) is 0 Å². The molecule has 2 aromatic rings. The number of allylic oxidation sites excluding steroid dienone is 3. The molecule has 2 aromatic carbocycles. The topological polar surface area (TPSA) is 84.9 Å². The molecule has 2 N–H and O–H groups in total. The molecule has 0 spiro atoms. The Hall–Kier alpha value is -3.25. The predicted octanol–water partition coefficient (Wildman–Crippen LogP) is 5.37. The Kier molecular flexibility index (Phi) is 6.98. The van der Waals surface area contributed by atoms with Crippen LogP contribution in [0.5, 0.6) is 11.5 Å². The summed E-state index contributed by atoms with van der Waals surface area (Å²) >= 11 is 6.05. The first-order chi connectivity index (χ1) is 16.3. The van der Waals surface area contributed by atoms with E-state index in [1.807, 2.05) is 38.1 Å². The molecule has 0 saturated carbocycles. The van der Waals surface area contributed by atoms with Gasteiger partial charge in [-0.25, -0.2) is 4.79 Å². The van der Waals surface area contributed by atoms with E-state index >= 15 is 0 Å². The fourth-order valence-electron chi connectivity index (χ4n) is 4.80. The maximum absolute atomic E-state index is 13.6. The van der Waals surface area contributed by atoms with E-state index < -0.39 is 11.9 Å². The number of hydrogen-bond donors (Lipinski definition) is 2. The van der Waals surface area contributed by atoms with Gasteiger partial charge in [-0.1, -0.05) is 29.8 Å². The van der Waals surface area contributed by atoms with Gasteiger partial charge in [0.2, 0.25) is 0 Å². The van der Waals surface area contributed by atoms with Crippen LogP contribution in [0.25, 0.3) is 0 Å². The average Bonchev–Trinajstić information content (AvgIpc) is 2.80. The van der Waals surface area contributed by atoms with Crippen LogP contribution in [0.2, 0.25) is 5.02 Å². The molecule has 2 aliphatic rings. The molecule has 0 fully saturated rings. The Morgan fingerprint density at radius 1 is 1.09 bits per heavy atom. The van der Waals surface area contributed by atoms with E-state index in [2.05, 4.69) is 5.32 Å². The van der Waals surface area contributed by atoms with Crippen molar-refractivity contribution in [1.82, 2.24) is 5.32 Å². The number of esters is 1. The lowest BCUT2D eigenvalue weighted by molar-refractivity contribution is -0.138. The van der Waals surface area contributed by atoms with Gasteiger partial charge in [0.15, 0.2) is 17.3 Å². The predicted molar refractivity (Wildman–Crippen MR) is 130 cm³/mol. The van der Waals surface area contributed by atoms with Gasteiger partial charge in [0, 0.05) is 34.3 Å². The molecular formula is C27H28ClNO5. The molecule has 0 amide bonds. The number of ketones is 1. The number of carbonyl (C=O) groups is 2. The molecule has 0 radical (unpaired) electrons. The summed E-state index contributed by atoms with van der Waals surface area (Å²) in [7, 11) is 0. The number of hydrogen-bond acceptors (Lipinski definition) is 6. The number of Topliss-reactive ketones (excluding diaryl/α,β-unsaturated/α-hetero) is 1. The van der Waals surface area contributed by atoms with Crippen molar-refractivity contribution < 1.29 is 24.2 Å². The number of ether oxygens (including phenoxy) is 2. The number of carbonyl (C=O) groups excluding carboxylic acids is 2. The first-order valence-corrected chi connectivity index (χ1v) is 11.8. The number of phenols is 1. The minimum atomic E-state index is -0.617. The number of aromatic hydroxyl groups is 1. The normalized spacial score (nSPS) is 20.1. The highest BCUT2D eigenvalue weighted by atomic mass is 35.5. The van der Waals surface area contributed by atoms with Crippen LogP contribution in [0.4, 0.5) is 0 Å². The zero-order chi connectivity index (χ0) is 24.4. The first kappa shape index (κ1) is 23.9. The second kappa shape index (κ2) is 9.94. The Labute approximate surface area is 204 Å². The van der Waals surface area contributed by atoms with Crippen molar-refractivity contribution in [3.8, 4) is 11.5 Å².